The minimum Gasteiger partial charge on any atom is -0.469 e. The zero-order valence-electron chi connectivity index (χ0n) is 7.79. The van der Waals surface area contributed by atoms with Gasteiger partial charge in [0.15, 0.2) is 0 Å². The van der Waals surface area contributed by atoms with Gasteiger partial charge in [-0.05, 0) is 6.07 Å². The van der Waals surface area contributed by atoms with E-state index in [1.54, 1.807) is 18.5 Å². The van der Waals surface area contributed by atoms with Crippen molar-refractivity contribution in [3.63, 3.8) is 0 Å². The van der Waals surface area contributed by atoms with E-state index in [9.17, 15) is 4.79 Å². The largest absolute Gasteiger partial charge is 0.469 e. The first-order valence-electron chi connectivity index (χ1n) is 4.14. The van der Waals surface area contributed by atoms with Crippen LogP contribution in [0, 0.1) is 0 Å². The van der Waals surface area contributed by atoms with E-state index in [2.05, 4.69) is 15.0 Å². The molecule has 0 atom stereocenters. The summed E-state index contributed by atoms with van der Waals surface area (Å²) in [5.41, 5.74) is 0.769. The lowest BCUT2D eigenvalue weighted by Gasteiger charge is -2.06. The van der Waals surface area contributed by atoms with Crippen molar-refractivity contribution in [2.45, 2.75) is 6.42 Å². The highest BCUT2D eigenvalue weighted by Crippen LogP contribution is 2.18. The second-order valence-electron chi connectivity index (χ2n) is 2.61. The van der Waals surface area contributed by atoms with Crippen LogP contribution in [-0.2, 0) is 9.53 Å². The summed E-state index contributed by atoms with van der Waals surface area (Å²) in [6, 6.07) is 1.75. The van der Waals surface area contributed by atoms with Crippen LogP contribution in [-0.4, -0.2) is 24.6 Å². The molecule has 1 heterocycles. The maximum atomic E-state index is 10.8. The van der Waals surface area contributed by atoms with E-state index in [1.165, 1.54) is 7.11 Å². The van der Waals surface area contributed by atoms with Gasteiger partial charge in [0.1, 0.15) is 0 Å². The van der Waals surface area contributed by atoms with Crippen molar-refractivity contribution in [3.05, 3.63) is 23.5 Å². The second-order valence-corrected chi connectivity index (χ2v) is 3.02. The van der Waals surface area contributed by atoms with E-state index in [0.29, 0.717) is 18.0 Å². The smallest absolute Gasteiger partial charge is 0.307 e. The Morgan fingerprint density at radius 3 is 3.14 bits per heavy atom. The van der Waals surface area contributed by atoms with Crippen LogP contribution in [0.15, 0.2) is 18.5 Å². The molecule has 0 aliphatic heterocycles. The van der Waals surface area contributed by atoms with Gasteiger partial charge in [-0.25, -0.2) is 0 Å². The Bertz CT molecular complexity index is 317. The average molecular weight is 215 g/mol. The van der Waals surface area contributed by atoms with Crippen molar-refractivity contribution in [2.24, 2.45) is 0 Å². The van der Waals surface area contributed by atoms with Gasteiger partial charge in [0, 0.05) is 18.9 Å². The molecule has 0 spiro atoms. The molecule has 0 radical (unpaired) electrons. The average Bonchev–Trinajstić information content (AvgIpc) is 2.20. The minimum atomic E-state index is -0.248. The summed E-state index contributed by atoms with van der Waals surface area (Å²) in [7, 11) is 1.36. The second kappa shape index (κ2) is 5.44. The van der Waals surface area contributed by atoms with Gasteiger partial charge in [-0.3, -0.25) is 9.78 Å². The number of nitrogens with one attached hydrogen (secondary N) is 1. The lowest BCUT2D eigenvalue weighted by atomic mass is 10.3. The van der Waals surface area contributed by atoms with Crippen molar-refractivity contribution in [3.8, 4) is 0 Å². The maximum Gasteiger partial charge on any atom is 0.307 e. The first-order chi connectivity index (χ1) is 6.74. The highest BCUT2D eigenvalue weighted by atomic mass is 35.5. The van der Waals surface area contributed by atoms with E-state index in [1.807, 2.05) is 0 Å². The van der Waals surface area contributed by atoms with Crippen LogP contribution in [0.3, 0.4) is 0 Å². The highest BCUT2D eigenvalue weighted by molar-refractivity contribution is 6.33. The third-order valence-corrected chi connectivity index (χ3v) is 1.95. The predicted octanol–water partition coefficient (Wildman–Crippen LogP) is 1.71. The molecule has 5 heteroatoms. The number of pyridine rings is 1. The fraction of sp³-hybridized carbons (Fsp3) is 0.333. The molecule has 4 nitrogen and oxygen atoms in total. The Morgan fingerprint density at radius 1 is 1.71 bits per heavy atom. The molecular weight excluding hydrogens is 204 g/mol. The fourth-order valence-electron chi connectivity index (χ4n) is 0.920. The number of hydrogen-bond donors (Lipinski definition) is 1. The van der Waals surface area contributed by atoms with Crippen LogP contribution >= 0.6 is 11.6 Å². The van der Waals surface area contributed by atoms with Gasteiger partial charge in [-0.1, -0.05) is 11.6 Å². The Labute approximate surface area is 87.2 Å². The number of carbonyl (C=O) groups is 1. The van der Waals surface area contributed by atoms with Crippen LogP contribution in [0.4, 0.5) is 5.69 Å². The maximum absolute atomic E-state index is 10.8. The quantitative estimate of drug-likeness (QED) is 0.776. The topological polar surface area (TPSA) is 51.2 Å². The summed E-state index contributed by atoms with van der Waals surface area (Å²) in [5.74, 6) is -0.248. The number of esters is 1. The highest BCUT2D eigenvalue weighted by Gasteiger charge is 2.01. The SMILES string of the molecule is COC(=O)CCNc1ccncc1Cl. The van der Waals surface area contributed by atoms with Crippen molar-refractivity contribution in [2.75, 3.05) is 19.0 Å². The van der Waals surface area contributed by atoms with Crippen molar-refractivity contribution >= 4 is 23.3 Å². The third kappa shape index (κ3) is 3.22. The van der Waals surface area contributed by atoms with Crippen LogP contribution < -0.4 is 5.32 Å². The first-order valence-corrected chi connectivity index (χ1v) is 4.52. The minimum absolute atomic E-state index is 0.248. The molecule has 14 heavy (non-hydrogen) atoms. The molecule has 1 aromatic rings. The summed E-state index contributed by atoms with van der Waals surface area (Å²) >= 11 is 5.83. The summed E-state index contributed by atoms with van der Waals surface area (Å²) < 4.78 is 4.49. The number of ether oxygens (including phenoxy) is 1. The Morgan fingerprint density at radius 2 is 2.50 bits per heavy atom. The number of hydrogen-bond acceptors (Lipinski definition) is 4. The van der Waals surface area contributed by atoms with Gasteiger partial charge in [-0.15, -0.1) is 0 Å². The molecule has 0 aliphatic rings. The molecule has 0 saturated carbocycles. The molecule has 0 unspecified atom stereocenters. The Balaban J connectivity index is 2.39. The van der Waals surface area contributed by atoms with Gasteiger partial charge in [0.2, 0.25) is 0 Å². The Kier molecular flexibility index (Phi) is 4.19. The van der Waals surface area contributed by atoms with Crippen molar-refractivity contribution in [1.29, 1.82) is 0 Å². The molecule has 1 N–H and O–H groups in total. The predicted molar refractivity (Wildman–Crippen MR) is 54.4 cm³/mol. The van der Waals surface area contributed by atoms with Gasteiger partial charge < -0.3 is 10.1 Å². The van der Waals surface area contributed by atoms with Crippen LogP contribution in [0.5, 0.6) is 0 Å². The van der Waals surface area contributed by atoms with E-state index in [0.717, 1.165) is 5.69 Å². The lowest BCUT2D eigenvalue weighted by Crippen LogP contribution is -2.09. The number of nitrogens with zero attached hydrogens (tertiary/aromatic N) is 1. The van der Waals surface area contributed by atoms with E-state index < -0.39 is 0 Å². The molecule has 0 aromatic carbocycles. The molecule has 0 amide bonds. The van der Waals surface area contributed by atoms with Crippen LogP contribution in [0.25, 0.3) is 0 Å². The zero-order chi connectivity index (χ0) is 10.4. The summed E-state index contributed by atoms with van der Waals surface area (Å²) in [6.07, 6.45) is 3.49. The zero-order valence-corrected chi connectivity index (χ0v) is 8.54. The summed E-state index contributed by atoms with van der Waals surface area (Å²) in [6.45, 7) is 0.496. The number of carbonyl (C=O) groups excluding carboxylic acids is 1. The molecule has 0 fully saturated rings. The molecule has 0 bridgehead atoms. The number of halogens is 1. The number of anilines is 1. The molecule has 76 valence electrons. The van der Waals surface area contributed by atoms with E-state index >= 15 is 0 Å². The van der Waals surface area contributed by atoms with Crippen LogP contribution in [0.1, 0.15) is 6.42 Å². The fourth-order valence-corrected chi connectivity index (χ4v) is 1.11. The summed E-state index contributed by atoms with van der Waals surface area (Å²) in [5, 5.41) is 3.54. The number of methoxy groups -OCH3 is 1. The monoisotopic (exact) mass is 214 g/mol. The van der Waals surface area contributed by atoms with Gasteiger partial charge in [-0.2, -0.15) is 0 Å². The standard InChI is InChI=1S/C9H11ClN2O2/c1-14-9(13)3-5-12-8-2-4-11-6-7(8)10/h2,4,6H,3,5H2,1H3,(H,11,12). The molecule has 0 saturated heterocycles. The molecule has 1 aromatic heterocycles. The molecule has 1 rings (SSSR count). The van der Waals surface area contributed by atoms with Crippen molar-refractivity contribution in [1.82, 2.24) is 4.98 Å². The van der Waals surface area contributed by atoms with Gasteiger partial charge in [0.25, 0.3) is 0 Å². The van der Waals surface area contributed by atoms with Gasteiger partial charge >= 0.3 is 5.97 Å². The van der Waals surface area contributed by atoms with E-state index in [-0.39, 0.29) is 5.97 Å². The van der Waals surface area contributed by atoms with Crippen molar-refractivity contribution < 1.29 is 9.53 Å². The first kappa shape index (κ1) is 10.8. The lowest BCUT2D eigenvalue weighted by molar-refractivity contribution is -0.140. The molecular formula is C9H11ClN2O2. The normalized spacial score (nSPS) is 9.57. The molecule has 0 aliphatic carbocycles. The number of rotatable bonds is 4. The third-order valence-electron chi connectivity index (χ3n) is 1.64. The van der Waals surface area contributed by atoms with Crippen LogP contribution in [0.2, 0.25) is 5.02 Å². The number of aromatic nitrogens is 1. The van der Waals surface area contributed by atoms with E-state index in [4.69, 9.17) is 11.6 Å². The Hall–Kier alpha value is -1.29. The van der Waals surface area contributed by atoms with Gasteiger partial charge in [0.05, 0.1) is 24.2 Å². The summed E-state index contributed by atoms with van der Waals surface area (Å²) in [4.78, 5) is 14.6.